The fraction of sp³-hybridized carbons (Fsp3) is 0.150. The van der Waals surface area contributed by atoms with Crippen LogP contribution in [-0.4, -0.2) is 22.5 Å². The molecular weight excluding hydrogens is 470 g/mol. The minimum Gasteiger partial charge on any atom is -0.467 e. The van der Waals surface area contributed by atoms with E-state index in [2.05, 4.69) is 31.2 Å². The lowest BCUT2D eigenvalue weighted by Crippen LogP contribution is -2.21. The van der Waals surface area contributed by atoms with E-state index in [0.717, 1.165) is 12.1 Å². The molecule has 156 valence electrons. The Morgan fingerprint density at radius 3 is 2.43 bits per heavy atom. The summed E-state index contributed by atoms with van der Waals surface area (Å²) in [6, 6.07) is 10.0. The summed E-state index contributed by atoms with van der Waals surface area (Å²) in [5.41, 5.74) is 0.0653. The average molecular weight is 484 g/mol. The molecule has 0 aliphatic heterocycles. The van der Waals surface area contributed by atoms with Crippen LogP contribution in [0, 0.1) is 12.7 Å². The Bertz CT molecular complexity index is 1070. The van der Waals surface area contributed by atoms with Crippen molar-refractivity contribution in [3.05, 3.63) is 70.1 Å². The summed E-state index contributed by atoms with van der Waals surface area (Å²) in [6.45, 7) is 1.21. The third kappa shape index (κ3) is 5.53. The number of halogens is 5. The quantitative estimate of drug-likeness (QED) is 0.494. The number of rotatable bonds is 5. The molecule has 0 aliphatic rings. The van der Waals surface area contributed by atoms with E-state index >= 15 is 0 Å². The minimum atomic E-state index is -4.44. The lowest BCUT2D eigenvalue weighted by atomic mass is 10.1. The van der Waals surface area contributed by atoms with Gasteiger partial charge in [-0.1, -0.05) is 28.1 Å². The van der Waals surface area contributed by atoms with E-state index in [1.807, 2.05) is 0 Å². The summed E-state index contributed by atoms with van der Waals surface area (Å²) in [7, 11) is 0. The number of alkyl halides is 3. The third-order valence-electron chi connectivity index (χ3n) is 3.86. The van der Waals surface area contributed by atoms with Crippen molar-refractivity contribution in [3.63, 3.8) is 0 Å². The highest BCUT2D eigenvalue weighted by molar-refractivity contribution is 9.10. The van der Waals surface area contributed by atoms with E-state index in [-0.39, 0.29) is 17.4 Å². The number of ether oxygens (including phenoxy) is 1. The summed E-state index contributed by atoms with van der Waals surface area (Å²) in [5.74, 6) is -1.01. The number of hydrogen-bond donors (Lipinski definition) is 1. The topological polar surface area (TPSA) is 64.1 Å². The first-order chi connectivity index (χ1) is 14.1. The number of nitrogens with one attached hydrogen (secondary N) is 1. The van der Waals surface area contributed by atoms with E-state index in [1.54, 1.807) is 13.0 Å². The first-order valence-electron chi connectivity index (χ1n) is 8.53. The maximum Gasteiger partial charge on any atom is 0.416 e. The van der Waals surface area contributed by atoms with E-state index in [9.17, 15) is 22.4 Å². The fourth-order valence-electron chi connectivity index (χ4n) is 2.47. The van der Waals surface area contributed by atoms with Crippen LogP contribution in [0.1, 0.15) is 11.3 Å². The number of amides is 1. The van der Waals surface area contributed by atoms with Crippen LogP contribution in [0.25, 0.3) is 11.4 Å². The largest absolute Gasteiger partial charge is 0.467 e. The second-order valence-electron chi connectivity index (χ2n) is 6.21. The van der Waals surface area contributed by atoms with Gasteiger partial charge in [0.25, 0.3) is 5.91 Å². The highest BCUT2D eigenvalue weighted by atomic mass is 79.9. The lowest BCUT2D eigenvalue weighted by Gasteiger charge is -2.10. The van der Waals surface area contributed by atoms with Crippen molar-refractivity contribution in [2.75, 3.05) is 11.9 Å². The minimum absolute atomic E-state index is 0.00360. The van der Waals surface area contributed by atoms with Crippen LogP contribution in [0.2, 0.25) is 0 Å². The highest BCUT2D eigenvalue weighted by Gasteiger charge is 2.30. The molecule has 2 aromatic carbocycles. The predicted molar refractivity (Wildman–Crippen MR) is 105 cm³/mol. The molecule has 0 saturated carbocycles. The normalized spacial score (nSPS) is 11.3. The van der Waals surface area contributed by atoms with Gasteiger partial charge in [0.2, 0.25) is 5.88 Å². The number of anilines is 1. The lowest BCUT2D eigenvalue weighted by molar-refractivity contribution is -0.137. The Hall–Kier alpha value is -3.01. The number of benzene rings is 2. The molecular formula is C20H14BrF4N3O2. The molecule has 3 rings (SSSR count). The van der Waals surface area contributed by atoms with Crippen LogP contribution in [0.4, 0.5) is 23.2 Å². The molecule has 3 aromatic rings. The molecule has 1 N–H and O–H groups in total. The van der Waals surface area contributed by atoms with Crippen molar-refractivity contribution in [2.24, 2.45) is 0 Å². The van der Waals surface area contributed by atoms with Gasteiger partial charge >= 0.3 is 6.18 Å². The van der Waals surface area contributed by atoms with Gasteiger partial charge < -0.3 is 10.1 Å². The Labute approximate surface area is 177 Å². The Balaban J connectivity index is 1.70. The summed E-state index contributed by atoms with van der Waals surface area (Å²) in [4.78, 5) is 20.3. The van der Waals surface area contributed by atoms with E-state index in [1.165, 1.54) is 30.3 Å². The zero-order chi connectivity index (χ0) is 21.9. The number of aromatic nitrogens is 2. The Morgan fingerprint density at radius 2 is 1.80 bits per heavy atom. The van der Waals surface area contributed by atoms with Gasteiger partial charge in [-0.25, -0.2) is 9.37 Å². The number of aryl methyl sites for hydroxylation is 1. The van der Waals surface area contributed by atoms with Crippen molar-refractivity contribution in [1.82, 2.24) is 9.97 Å². The van der Waals surface area contributed by atoms with Gasteiger partial charge in [-0.3, -0.25) is 4.79 Å². The van der Waals surface area contributed by atoms with Crippen LogP contribution >= 0.6 is 15.9 Å². The maximum atomic E-state index is 13.8. The zero-order valence-electron chi connectivity index (χ0n) is 15.4. The average Bonchev–Trinajstić information content (AvgIpc) is 2.68. The molecule has 0 fully saturated rings. The van der Waals surface area contributed by atoms with Crippen molar-refractivity contribution >= 4 is 27.5 Å². The molecule has 0 aliphatic carbocycles. The molecule has 30 heavy (non-hydrogen) atoms. The second-order valence-corrected chi connectivity index (χ2v) is 7.12. The van der Waals surface area contributed by atoms with E-state index in [0.29, 0.717) is 15.7 Å². The van der Waals surface area contributed by atoms with Gasteiger partial charge in [-0.05, 0) is 37.3 Å². The van der Waals surface area contributed by atoms with Crippen molar-refractivity contribution in [2.45, 2.75) is 13.1 Å². The Kier molecular flexibility index (Phi) is 6.35. The predicted octanol–water partition coefficient (Wildman–Crippen LogP) is 5.39. The smallest absolute Gasteiger partial charge is 0.416 e. The van der Waals surface area contributed by atoms with E-state index < -0.39 is 30.1 Å². The van der Waals surface area contributed by atoms with Crippen molar-refractivity contribution in [1.29, 1.82) is 0 Å². The first-order valence-corrected chi connectivity index (χ1v) is 9.32. The standard InChI is InChI=1S/C20H14BrF4N3O2/c1-11-8-18(30-10-17(29)27-16-7-6-14(21)9-15(16)22)28-19(26-11)12-2-4-13(5-3-12)20(23,24)25/h2-9H,10H2,1H3,(H,27,29). The Morgan fingerprint density at radius 1 is 1.10 bits per heavy atom. The maximum absolute atomic E-state index is 13.8. The number of carbonyl (C=O) groups excluding carboxylic acids is 1. The van der Waals surface area contributed by atoms with Gasteiger partial charge in [0.15, 0.2) is 12.4 Å². The van der Waals surface area contributed by atoms with Crippen LogP contribution in [0.15, 0.2) is 53.0 Å². The number of hydrogen-bond acceptors (Lipinski definition) is 4. The molecule has 10 heteroatoms. The molecule has 0 atom stereocenters. The molecule has 5 nitrogen and oxygen atoms in total. The van der Waals surface area contributed by atoms with Crippen LogP contribution in [0.3, 0.4) is 0 Å². The molecule has 1 aromatic heterocycles. The number of nitrogens with zero attached hydrogens (tertiary/aromatic N) is 2. The van der Waals surface area contributed by atoms with Crippen molar-refractivity contribution < 1.29 is 27.1 Å². The van der Waals surface area contributed by atoms with E-state index in [4.69, 9.17) is 4.74 Å². The summed E-state index contributed by atoms with van der Waals surface area (Å²) in [6.07, 6.45) is -4.44. The molecule has 0 spiro atoms. The number of carbonyl (C=O) groups is 1. The molecule has 0 bridgehead atoms. The summed E-state index contributed by atoms with van der Waals surface area (Å²) in [5, 5.41) is 2.38. The summed E-state index contributed by atoms with van der Waals surface area (Å²) >= 11 is 3.12. The zero-order valence-corrected chi connectivity index (χ0v) is 17.0. The van der Waals surface area contributed by atoms with Gasteiger partial charge in [0.05, 0.1) is 11.3 Å². The second kappa shape index (κ2) is 8.78. The van der Waals surface area contributed by atoms with Crippen molar-refractivity contribution in [3.8, 4) is 17.3 Å². The molecule has 0 saturated heterocycles. The van der Waals surface area contributed by atoms with Crippen LogP contribution < -0.4 is 10.1 Å². The fourth-order valence-corrected chi connectivity index (χ4v) is 2.80. The van der Waals surface area contributed by atoms with Gasteiger partial charge in [0.1, 0.15) is 5.82 Å². The summed E-state index contributed by atoms with van der Waals surface area (Å²) < 4.78 is 57.8. The highest BCUT2D eigenvalue weighted by Crippen LogP contribution is 2.30. The van der Waals surface area contributed by atoms with Gasteiger partial charge in [0, 0.05) is 21.8 Å². The van der Waals surface area contributed by atoms with Crippen LogP contribution in [-0.2, 0) is 11.0 Å². The third-order valence-corrected chi connectivity index (χ3v) is 4.35. The molecule has 0 unspecified atom stereocenters. The molecule has 0 radical (unpaired) electrons. The first kappa shape index (κ1) is 21.7. The SMILES string of the molecule is Cc1cc(OCC(=O)Nc2ccc(Br)cc2F)nc(-c2ccc(C(F)(F)F)cc2)n1. The van der Waals surface area contributed by atoms with Gasteiger partial charge in [-0.2, -0.15) is 18.2 Å². The molecule has 1 heterocycles. The van der Waals surface area contributed by atoms with Crippen LogP contribution in [0.5, 0.6) is 5.88 Å². The monoisotopic (exact) mass is 483 g/mol. The molecule has 1 amide bonds. The van der Waals surface area contributed by atoms with Gasteiger partial charge in [-0.15, -0.1) is 0 Å².